The Labute approximate surface area is 180 Å². The van der Waals surface area contributed by atoms with E-state index in [0.29, 0.717) is 18.6 Å². The summed E-state index contributed by atoms with van der Waals surface area (Å²) in [4.78, 5) is 35.4. The van der Waals surface area contributed by atoms with E-state index in [4.69, 9.17) is 14.3 Å². The minimum absolute atomic E-state index is 0.0863. The molecule has 3 atom stereocenters. The van der Waals surface area contributed by atoms with E-state index >= 15 is 0 Å². The predicted molar refractivity (Wildman–Crippen MR) is 110 cm³/mol. The Balaban J connectivity index is 1.37. The Kier molecular flexibility index (Phi) is 6.34. The molecule has 1 unspecified atom stereocenters. The van der Waals surface area contributed by atoms with Gasteiger partial charge in [0.05, 0.1) is 12.7 Å². The maximum absolute atomic E-state index is 12.5. The Morgan fingerprint density at radius 1 is 1.19 bits per heavy atom. The van der Waals surface area contributed by atoms with Crippen molar-refractivity contribution in [1.82, 2.24) is 0 Å². The normalized spacial score (nSPS) is 23.2. The van der Waals surface area contributed by atoms with Crippen LogP contribution in [0.1, 0.15) is 64.8 Å². The van der Waals surface area contributed by atoms with Crippen LogP contribution in [0.5, 0.6) is 0 Å². The van der Waals surface area contributed by atoms with E-state index in [9.17, 15) is 19.5 Å². The minimum atomic E-state index is -1.14. The molecule has 31 heavy (non-hydrogen) atoms. The highest BCUT2D eigenvalue weighted by Gasteiger charge is 2.41. The van der Waals surface area contributed by atoms with Gasteiger partial charge in [-0.2, -0.15) is 0 Å². The highest BCUT2D eigenvalue weighted by molar-refractivity contribution is 6.40. The molecule has 2 N–H and O–H groups in total. The molecule has 1 heterocycles. The van der Waals surface area contributed by atoms with E-state index in [1.807, 2.05) is 18.2 Å². The molecule has 7 heteroatoms. The van der Waals surface area contributed by atoms with E-state index < -0.39 is 12.1 Å². The van der Waals surface area contributed by atoms with Crippen LogP contribution in [-0.2, 0) is 33.8 Å². The molecule has 0 spiro atoms. The van der Waals surface area contributed by atoms with Crippen LogP contribution in [0, 0.1) is 11.8 Å². The SMILES string of the molecule is O=C1C[C@H](COCc2ccc(C(=O)O)o2)[C@@H](CCc2cccc3c2CCCC3O)C1=O. The molecule has 1 aromatic carbocycles. The lowest BCUT2D eigenvalue weighted by Crippen LogP contribution is -2.21. The molecule has 2 aromatic rings. The van der Waals surface area contributed by atoms with Crippen LogP contribution in [-0.4, -0.2) is 34.4 Å². The monoisotopic (exact) mass is 426 g/mol. The number of carbonyl (C=O) groups is 3. The van der Waals surface area contributed by atoms with Gasteiger partial charge in [0.25, 0.3) is 0 Å². The van der Waals surface area contributed by atoms with Gasteiger partial charge in [-0.3, -0.25) is 9.59 Å². The average Bonchev–Trinajstić information content (AvgIpc) is 3.32. The van der Waals surface area contributed by atoms with Crippen LogP contribution in [0.3, 0.4) is 0 Å². The zero-order chi connectivity index (χ0) is 22.0. The summed E-state index contributed by atoms with van der Waals surface area (Å²) in [7, 11) is 0. The minimum Gasteiger partial charge on any atom is -0.475 e. The summed E-state index contributed by atoms with van der Waals surface area (Å²) >= 11 is 0. The van der Waals surface area contributed by atoms with Crippen molar-refractivity contribution >= 4 is 17.5 Å². The van der Waals surface area contributed by atoms with Crippen molar-refractivity contribution in [3.05, 3.63) is 58.5 Å². The Bertz CT molecular complexity index is 990. The van der Waals surface area contributed by atoms with Gasteiger partial charge in [0.2, 0.25) is 11.5 Å². The molecule has 2 aliphatic rings. The number of carbonyl (C=O) groups excluding carboxylic acids is 2. The van der Waals surface area contributed by atoms with E-state index in [-0.39, 0.29) is 48.8 Å². The number of aliphatic hydroxyl groups excluding tert-OH is 1. The molecule has 0 amide bonds. The first-order valence-electron chi connectivity index (χ1n) is 10.7. The quantitative estimate of drug-likeness (QED) is 0.623. The first-order valence-corrected chi connectivity index (χ1v) is 10.7. The molecule has 1 fully saturated rings. The number of ketones is 2. The summed E-state index contributed by atoms with van der Waals surface area (Å²) in [6, 6.07) is 8.86. The van der Waals surface area contributed by atoms with Gasteiger partial charge in [-0.05, 0) is 66.8 Å². The second-order valence-electron chi connectivity index (χ2n) is 8.38. The fourth-order valence-corrected chi connectivity index (χ4v) is 4.77. The first-order chi connectivity index (χ1) is 14.9. The number of aryl methyl sites for hydroxylation is 1. The van der Waals surface area contributed by atoms with Crippen LogP contribution in [0.25, 0.3) is 0 Å². The third kappa shape index (κ3) is 4.62. The summed E-state index contributed by atoms with van der Waals surface area (Å²) < 4.78 is 10.8. The van der Waals surface area contributed by atoms with Crippen molar-refractivity contribution in [3.63, 3.8) is 0 Å². The summed E-state index contributed by atoms with van der Waals surface area (Å²) in [5, 5.41) is 19.2. The molecule has 1 aromatic heterocycles. The van der Waals surface area contributed by atoms with Gasteiger partial charge in [0.15, 0.2) is 5.78 Å². The Morgan fingerprint density at radius 2 is 2.03 bits per heavy atom. The number of ether oxygens (including phenoxy) is 1. The molecule has 164 valence electrons. The number of carboxylic acids is 1. The summed E-state index contributed by atoms with van der Waals surface area (Å²) in [6.45, 7) is 0.319. The van der Waals surface area contributed by atoms with E-state index in [1.54, 1.807) is 6.07 Å². The summed E-state index contributed by atoms with van der Waals surface area (Å²) in [6.07, 6.45) is 3.63. The molecule has 0 radical (unpaired) electrons. The highest BCUT2D eigenvalue weighted by atomic mass is 16.5. The van der Waals surface area contributed by atoms with Crippen molar-refractivity contribution in [2.75, 3.05) is 6.61 Å². The zero-order valence-corrected chi connectivity index (χ0v) is 17.2. The fourth-order valence-electron chi connectivity index (χ4n) is 4.77. The van der Waals surface area contributed by atoms with Gasteiger partial charge in [0.1, 0.15) is 12.4 Å². The number of benzene rings is 1. The fraction of sp³-hybridized carbons (Fsp3) is 0.458. The Morgan fingerprint density at radius 3 is 2.81 bits per heavy atom. The number of hydrogen-bond donors (Lipinski definition) is 2. The van der Waals surface area contributed by atoms with Crippen molar-refractivity contribution in [1.29, 1.82) is 0 Å². The second kappa shape index (κ2) is 9.16. The van der Waals surface area contributed by atoms with Crippen molar-refractivity contribution in [2.45, 2.75) is 51.2 Å². The number of fused-ring (bicyclic) bond motifs is 1. The summed E-state index contributed by atoms with van der Waals surface area (Å²) in [5.41, 5.74) is 3.30. The maximum atomic E-state index is 12.5. The molecule has 0 bridgehead atoms. The third-order valence-electron chi connectivity index (χ3n) is 6.37. The topological polar surface area (TPSA) is 114 Å². The number of rotatable bonds is 8. The molecule has 4 rings (SSSR count). The first kappa shape index (κ1) is 21.5. The lowest BCUT2D eigenvalue weighted by atomic mass is 9.83. The molecule has 1 saturated carbocycles. The molecule has 0 aliphatic heterocycles. The van der Waals surface area contributed by atoms with Crippen molar-refractivity contribution in [3.8, 4) is 0 Å². The highest BCUT2D eigenvalue weighted by Crippen LogP contribution is 2.35. The molecular weight excluding hydrogens is 400 g/mol. The van der Waals surface area contributed by atoms with Gasteiger partial charge in [-0.15, -0.1) is 0 Å². The number of carboxylic acid groups (broad SMARTS) is 1. The molecule has 7 nitrogen and oxygen atoms in total. The van der Waals surface area contributed by atoms with Gasteiger partial charge < -0.3 is 19.4 Å². The van der Waals surface area contributed by atoms with Gasteiger partial charge in [-0.25, -0.2) is 4.79 Å². The largest absolute Gasteiger partial charge is 0.475 e. The smallest absolute Gasteiger partial charge is 0.371 e. The van der Waals surface area contributed by atoms with Crippen LogP contribution in [0.15, 0.2) is 34.7 Å². The van der Waals surface area contributed by atoms with Crippen LogP contribution in [0.4, 0.5) is 0 Å². The van der Waals surface area contributed by atoms with E-state index in [0.717, 1.165) is 30.4 Å². The second-order valence-corrected chi connectivity index (χ2v) is 8.38. The van der Waals surface area contributed by atoms with Crippen LogP contribution >= 0.6 is 0 Å². The van der Waals surface area contributed by atoms with Crippen LogP contribution in [0.2, 0.25) is 0 Å². The van der Waals surface area contributed by atoms with Gasteiger partial charge >= 0.3 is 5.97 Å². The average molecular weight is 426 g/mol. The lowest BCUT2D eigenvalue weighted by Gasteiger charge is -2.24. The molecule has 0 saturated heterocycles. The molecular formula is C24H26O7. The summed E-state index contributed by atoms with van der Waals surface area (Å²) in [5.74, 6) is -2.17. The van der Waals surface area contributed by atoms with Gasteiger partial charge in [-0.1, -0.05) is 18.2 Å². The van der Waals surface area contributed by atoms with E-state index in [1.165, 1.54) is 11.6 Å². The zero-order valence-electron chi connectivity index (χ0n) is 17.2. The van der Waals surface area contributed by atoms with E-state index in [2.05, 4.69) is 0 Å². The standard InChI is InChI=1S/C24H26O7/c25-20-6-2-4-17-14(3-1-5-19(17)20)7-9-18-15(11-21(26)23(18)27)12-30-13-16-8-10-22(31-16)24(28)29/h1,3,5,8,10,15,18,20,25H,2,4,6-7,9,11-13H2,(H,28,29)/t15-,18-,20?/m1/s1. The Hall–Kier alpha value is -2.77. The van der Waals surface area contributed by atoms with Crippen LogP contribution < -0.4 is 0 Å². The molecule has 2 aliphatic carbocycles. The number of Topliss-reactive ketones (excluding diaryl/α,β-unsaturated/α-hetero) is 2. The lowest BCUT2D eigenvalue weighted by molar-refractivity contribution is -0.135. The number of furan rings is 1. The third-order valence-corrected chi connectivity index (χ3v) is 6.37. The van der Waals surface area contributed by atoms with Crippen molar-refractivity contribution < 1.29 is 33.8 Å². The maximum Gasteiger partial charge on any atom is 0.371 e. The number of aromatic carboxylic acids is 1. The number of hydrogen-bond acceptors (Lipinski definition) is 6. The number of aliphatic hydroxyl groups is 1. The predicted octanol–water partition coefficient (Wildman–Crippen LogP) is 3.27. The van der Waals surface area contributed by atoms with Gasteiger partial charge in [0, 0.05) is 12.3 Å². The van der Waals surface area contributed by atoms with Crippen molar-refractivity contribution in [2.24, 2.45) is 11.8 Å².